The number of nitrogens with zero attached hydrogens (tertiary/aromatic N) is 3. The van der Waals surface area contributed by atoms with Crippen molar-refractivity contribution in [3.05, 3.63) is 60.2 Å². The molecule has 0 unspecified atom stereocenters. The lowest BCUT2D eigenvalue weighted by Gasteiger charge is -2.35. The number of amides is 1. The number of hydrogen-bond donors (Lipinski definition) is 1. The second kappa shape index (κ2) is 8.72. The maximum absolute atomic E-state index is 12.7. The fourth-order valence-corrected chi connectivity index (χ4v) is 5.20. The molecule has 0 spiro atoms. The van der Waals surface area contributed by atoms with Gasteiger partial charge in [-0.25, -0.2) is 8.42 Å². The Bertz CT molecular complexity index is 1090. The lowest BCUT2D eigenvalue weighted by Crippen LogP contribution is -2.53. The Morgan fingerprint density at radius 1 is 0.867 bits per heavy atom. The van der Waals surface area contributed by atoms with Crippen LogP contribution in [0.1, 0.15) is 10.4 Å². The van der Waals surface area contributed by atoms with Crippen LogP contribution in [-0.4, -0.2) is 76.5 Å². The molecule has 1 saturated heterocycles. The third-order valence-corrected chi connectivity index (χ3v) is 8.09. The molecule has 1 heterocycles. The summed E-state index contributed by atoms with van der Waals surface area (Å²) < 4.78 is 54.1. The Labute approximate surface area is 177 Å². The van der Waals surface area contributed by atoms with Crippen molar-refractivity contribution in [1.29, 1.82) is 0 Å². The van der Waals surface area contributed by atoms with E-state index in [9.17, 15) is 21.6 Å². The molecule has 11 heteroatoms. The Kier molecular flexibility index (Phi) is 6.46. The van der Waals surface area contributed by atoms with Gasteiger partial charge in [0.25, 0.3) is 26.1 Å². The van der Waals surface area contributed by atoms with E-state index in [1.807, 2.05) is 0 Å². The molecule has 0 bridgehead atoms. The summed E-state index contributed by atoms with van der Waals surface area (Å²) in [5.74, 6) is -0.227. The molecule has 30 heavy (non-hydrogen) atoms. The number of piperazine rings is 1. The van der Waals surface area contributed by atoms with Crippen molar-refractivity contribution in [3.8, 4) is 0 Å². The van der Waals surface area contributed by atoms with Crippen LogP contribution in [0.5, 0.6) is 0 Å². The zero-order valence-corrected chi connectivity index (χ0v) is 18.4. The summed E-state index contributed by atoms with van der Waals surface area (Å²) in [5, 5.41) is 0. The Hall–Kier alpha value is -2.47. The molecular weight excluding hydrogens is 428 g/mol. The van der Waals surface area contributed by atoms with E-state index in [1.165, 1.54) is 42.7 Å². The zero-order valence-electron chi connectivity index (χ0n) is 16.7. The number of carbonyl (C=O) groups excluding carboxylic acids is 1. The highest BCUT2D eigenvalue weighted by atomic mass is 32.2. The first-order valence-corrected chi connectivity index (χ1v) is 12.1. The normalized spacial score (nSPS) is 15.9. The van der Waals surface area contributed by atoms with E-state index in [0.717, 1.165) is 4.31 Å². The van der Waals surface area contributed by atoms with Crippen molar-refractivity contribution in [2.24, 2.45) is 0 Å². The van der Waals surface area contributed by atoms with Gasteiger partial charge in [0.1, 0.15) is 0 Å². The summed E-state index contributed by atoms with van der Waals surface area (Å²) in [4.78, 5) is 14.5. The summed E-state index contributed by atoms with van der Waals surface area (Å²) in [7, 11) is -4.26. The van der Waals surface area contributed by atoms with Crippen molar-refractivity contribution in [1.82, 2.24) is 13.5 Å². The topological polar surface area (TPSA) is 107 Å². The number of hydrogen-bond acceptors (Lipinski definition) is 5. The fraction of sp³-hybridized carbons (Fsp3) is 0.316. The molecule has 1 amide bonds. The highest BCUT2D eigenvalue weighted by molar-refractivity contribution is 7.92. The molecule has 2 aromatic rings. The van der Waals surface area contributed by atoms with Crippen molar-refractivity contribution in [2.75, 3.05) is 45.0 Å². The standard InChI is InChI=1S/C19H24N4O5S2/c1-21(2)30(27,28)23-14-12-22(13-15-23)19(24)16-8-10-17(11-9-16)20-29(25,26)18-6-4-3-5-7-18/h3-11,20H,12-15H2,1-2H3. The van der Waals surface area contributed by atoms with Crippen molar-refractivity contribution >= 4 is 31.8 Å². The Balaban J connectivity index is 1.64. The predicted molar refractivity (Wildman–Crippen MR) is 114 cm³/mol. The molecule has 1 aliphatic rings. The number of rotatable bonds is 6. The van der Waals surface area contributed by atoms with E-state index in [2.05, 4.69) is 4.72 Å². The minimum atomic E-state index is -3.71. The highest BCUT2D eigenvalue weighted by Gasteiger charge is 2.30. The molecule has 1 fully saturated rings. The third kappa shape index (κ3) is 4.81. The summed E-state index contributed by atoms with van der Waals surface area (Å²) in [5.41, 5.74) is 0.749. The molecule has 0 aromatic heterocycles. The quantitative estimate of drug-likeness (QED) is 0.705. The van der Waals surface area contributed by atoms with Crippen LogP contribution in [0, 0.1) is 0 Å². The van der Waals surface area contributed by atoms with E-state index in [1.54, 1.807) is 35.2 Å². The Morgan fingerprint density at radius 3 is 1.97 bits per heavy atom. The third-order valence-electron chi connectivity index (χ3n) is 4.75. The summed E-state index contributed by atoms with van der Waals surface area (Å²) in [6.07, 6.45) is 0. The maximum Gasteiger partial charge on any atom is 0.281 e. The maximum atomic E-state index is 12.7. The molecule has 2 aromatic carbocycles. The van der Waals surface area contributed by atoms with E-state index in [-0.39, 0.29) is 37.0 Å². The van der Waals surface area contributed by atoms with Gasteiger partial charge >= 0.3 is 0 Å². The predicted octanol–water partition coefficient (Wildman–Crippen LogP) is 1.05. The molecule has 9 nitrogen and oxygen atoms in total. The lowest BCUT2D eigenvalue weighted by molar-refractivity contribution is 0.0695. The van der Waals surface area contributed by atoms with Gasteiger partial charge < -0.3 is 4.90 Å². The molecule has 0 aliphatic carbocycles. The number of carbonyl (C=O) groups is 1. The average Bonchev–Trinajstić information content (AvgIpc) is 2.74. The van der Waals surface area contributed by atoms with Gasteiger partial charge in [-0.15, -0.1) is 0 Å². The first kappa shape index (κ1) is 22.2. The second-order valence-electron chi connectivity index (χ2n) is 6.98. The SMILES string of the molecule is CN(C)S(=O)(=O)N1CCN(C(=O)c2ccc(NS(=O)(=O)c3ccccc3)cc2)CC1. The monoisotopic (exact) mass is 452 g/mol. The smallest absolute Gasteiger partial charge is 0.281 e. The fourth-order valence-electron chi connectivity index (χ4n) is 3.03. The summed E-state index contributed by atoms with van der Waals surface area (Å²) >= 11 is 0. The second-order valence-corrected chi connectivity index (χ2v) is 10.8. The van der Waals surface area contributed by atoms with Crippen LogP contribution in [0.15, 0.2) is 59.5 Å². The molecule has 1 N–H and O–H groups in total. The van der Waals surface area contributed by atoms with Gasteiger partial charge in [-0.3, -0.25) is 9.52 Å². The van der Waals surface area contributed by atoms with Crippen LogP contribution in [0.3, 0.4) is 0 Å². The largest absolute Gasteiger partial charge is 0.336 e. The van der Waals surface area contributed by atoms with Gasteiger partial charge in [-0.05, 0) is 36.4 Å². The Morgan fingerprint density at radius 2 is 1.43 bits per heavy atom. The number of anilines is 1. The van der Waals surface area contributed by atoms with Gasteiger partial charge in [-0.2, -0.15) is 17.0 Å². The van der Waals surface area contributed by atoms with Crippen molar-refractivity contribution < 1.29 is 21.6 Å². The number of nitrogens with one attached hydrogen (secondary N) is 1. The minimum Gasteiger partial charge on any atom is -0.336 e. The van der Waals surface area contributed by atoms with Gasteiger partial charge in [0.15, 0.2) is 0 Å². The van der Waals surface area contributed by atoms with Crippen LogP contribution >= 0.6 is 0 Å². The zero-order chi connectivity index (χ0) is 21.9. The van der Waals surface area contributed by atoms with Crippen molar-refractivity contribution in [3.63, 3.8) is 0 Å². The summed E-state index contributed by atoms with van der Waals surface area (Å²) in [6.45, 7) is 1.02. The van der Waals surface area contributed by atoms with Gasteiger partial charge in [0, 0.05) is 51.5 Å². The molecule has 3 rings (SSSR count). The van der Waals surface area contributed by atoms with Gasteiger partial charge in [0.2, 0.25) is 0 Å². The molecule has 162 valence electrons. The van der Waals surface area contributed by atoms with Crippen LogP contribution in [0.4, 0.5) is 5.69 Å². The van der Waals surface area contributed by atoms with Gasteiger partial charge in [-0.1, -0.05) is 18.2 Å². The van der Waals surface area contributed by atoms with Crippen LogP contribution in [-0.2, 0) is 20.2 Å². The van der Waals surface area contributed by atoms with Crippen LogP contribution in [0.2, 0.25) is 0 Å². The first-order chi connectivity index (χ1) is 14.1. The highest BCUT2D eigenvalue weighted by Crippen LogP contribution is 2.18. The molecule has 0 atom stereocenters. The molecular formula is C19H24N4O5S2. The molecule has 0 saturated carbocycles. The van der Waals surface area contributed by atoms with E-state index >= 15 is 0 Å². The lowest BCUT2D eigenvalue weighted by atomic mass is 10.1. The summed E-state index contributed by atoms with van der Waals surface area (Å²) in [6, 6.07) is 14.2. The average molecular weight is 453 g/mol. The van der Waals surface area contributed by atoms with Crippen molar-refractivity contribution in [2.45, 2.75) is 4.90 Å². The molecule has 0 radical (unpaired) electrons. The van der Waals surface area contributed by atoms with Gasteiger partial charge in [0.05, 0.1) is 4.90 Å². The van der Waals surface area contributed by atoms with Crippen LogP contribution in [0.25, 0.3) is 0 Å². The first-order valence-electron chi connectivity index (χ1n) is 9.26. The minimum absolute atomic E-state index is 0.149. The van der Waals surface area contributed by atoms with E-state index in [0.29, 0.717) is 11.3 Å². The van der Waals surface area contributed by atoms with Crippen LogP contribution < -0.4 is 4.72 Å². The van der Waals surface area contributed by atoms with E-state index < -0.39 is 20.2 Å². The number of benzene rings is 2. The number of sulfonamides is 1. The molecule has 1 aliphatic heterocycles. The van der Waals surface area contributed by atoms with E-state index in [4.69, 9.17) is 0 Å².